The summed E-state index contributed by atoms with van der Waals surface area (Å²) < 4.78 is 15.9. The van der Waals surface area contributed by atoms with Gasteiger partial charge in [-0.3, -0.25) is 4.79 Å². The number of aryl methyl sites for hydroxylation is 1. The first-order valence-electron chi connectivity index (χ1n) is 6.01. The third kappa shape index (κ3) is 3.26. The van der Waals surface area contributed by atoms with Crippen LogP contribution in [0.4, 0.5) is 4.39 Å². The Hall–Kier alpha value is -1.66. The van der Waals surface area contributed by atoms with Gasteiger partial charge in [-0.25, -0.2) is 4.39 Å². The van der Waals surface area contributed by atoms with Gasteiger partial charge in [-0.2, -0.15) is 0 Å². The molecular formula is C14H14BrFN2O2. The number of aliphatic hydroxyl groups excluding tert-OH is 1. The first-order valence-corrected chi connectivity index (χ1v) is 6.81. The highest BCUT2D eigenvalue weighted by Crippen LogP contribution is 2.16. The lowest BCUT2D eigenvalue weighted by Gasteiger charge is -2.13. The summed E-state index contributed by atoms with van der Waals surface area (Å²) in [6.07, 6.45) is 0.672. The number of benzene rings is 1. The number of rotatable bonds is 4. The summed E-state index contributed by atoms with van der Waals surface area (Å²) >= 11 is 3.28. The highest BCUT2D eigenvalue weighted by Gasteiger charge is 2.15. The van der Waals surface area contributed by atoms with Gasteiger partial charge in [0.25, 0.3) is 5.91 Å². The summed E-state index contributed by atoms with van der Waals surface area (Å²) in [5.74, 6) is -0.815. The average Bonchev–Trinajstić information content (AvgIpc) is 2.75. The van der Waals surface area contributed by atoms with E-state index in [9.17, 15) is 14.3 Å². The van der Waals surface area contributed by atoms with Crippen LogP contribution in [0.1, 0.15) is 22.2 Å². The van der Waals surface area contributed by atoms with Crippen molar-refractivity contribution in [2.24, 2.45) is 7.05 Å². The molecule has 1 atom stereocenters. The van der Waals surface area contributed by atoms with E-state index in [0.717, 1.165) is 4.47 Å². The van der Waals surface area contributed by atoms with E-state index >= 15 is 0 Å². The summed E-state index contributed by atoms with van der Waals surface area (Å²) in [5.41, 5.74) is 0.624. The van der Waals surface area contributed by atoms with Crippen molar-refractivity contribution in [2.75, 3.05) is 6.54 Å². The second kappa shape index (κ2) is 6.19. The van der Waals surface area contributed by atoms with Crippen LogP contribution in [-0.4, -0.2) is 22.1 Å². The number of aromatic nitrogens is 1. The minimum absolute atomic E-state index is 0.0530. The van der Waals surface area contributed by atoms with Gasteiger partial charge >= 0.3 is 0 Å². The van der Waals surface area contributed by atoms with Crippen molar-refractivity contribution in [3.63, 3.8) is 0 Å². The van der Waals surface area contributed by atoms with Crippen molar-refractivity contribution in [3.05, 3.63) is 58.1 Å². The maximum absolute atomic E-state index is 13.5. The zero-order valence-corrected chi connectivity index (χ0v) is 12.4. The van der Waals surface area contributed by atoms with Gasteiger partial charge in [0.2, 0.25) is 0 Å². The van der Waals surface area contributed by atoms with Crippen LogP contribution in [0.25, 0.3) is 0 Å². The third-order valence-corrected chi connectivity index (χ3v) is 3.36. The number of aliphatic hydroxyl groups is 1. The summed E-state index contributed by atoms with van der Waals surface area (Å²) in [7, 11) is 1.74. The monoisotopic (exact) mass is 340 g/mol. The van der Waals surface area contributed by atoms with Crippen LogP contribution in [-0.2, 0) is 7.05 Å². The molecule has 1 aromatic carbocycles. The van der Waals surface area contributed by atoms with E-state index in [1.807, 2.05) is 0 Å². The molecule has 0 aliphatic heterocycles. The van der Waals surface area contributed by atoms with Gasteiger partial charge in [-0.15, -0.1) is 0 Å². The SMILES string of the molecule is Cn1cc(Br)cc1C(=O)NCC(O)c1ccccc1F. The predicted molar refractivity (Wildman–Crippen MR) is 76.8 cm³/mol. The second-order valence-corrected chi connectivity index (χ2v) is 5.32. The molecule has 1 aromatic heterocycles. The van der Waals surface area contributed by atoms with Gasteiger partial charge in [0.1, 0.15) is 11.5 Å². The normalized spacial score (nSPS) is 12.2. The van der Waals surface area contributed by atoms with Crippen LogP contribution < -0.4 is 5.32 Å². The molecule has 2 N–H and O–H groups in total. The van der Waals surface area contributed by atoms with E-state index in [4.69, 9.17) is 0 Å². The van der Waals surface area contributed by atoms with E-state index in [-0.39, 0.29) is 18.0 Å². The highest BCUT2D eigenvalue weighted by atomic mass is 79.9. The Morgan fingerprint density at radius 2 is 2.20 bits per heavy atom. The third-order valence-electron chi connectivity index (χ3n) is 2.92. The Morgan fingerprint density at radius 1 is 1.50 bits per heavy atom. The van der Waals surface area contributed by atoms with Crippen LogP contribution in [0.2, 0.25) is 0 Å². The summed E-state index contributed by atoms with van der Waals surface area (Å²) in [5, 5.41) is 12.5. The van der Waals surface area contributed by atoms with E-state index in [0.29, 0.717) is 5.69 Å². The molecule has 0 fully saturated rings. The molecule has 6 heteroatoms. The van der Waals surface area contributed by atoms with Crippen molar-refractivity contribution >= 4 is 21.8 Å². The van der Waals surface area contributed by atoms with Gasteiger partial charge in [0.15, 0.2) is 0 Å². The Bertz CT molecular complexity index is 627. The highest BCUT2D eigenvalue weighted by molar-refractivity contribution is 9.10. The van der Waals surface area contributed by atoms with Crippen LogP contribution in [0, 0.1) is 5.82 Å². The first-order chi connectivity index (χ1) is 9.49. The molecule has 0 bridgehead atoms. The molecule has 106 valence electrons. The number of nitrogens with zero attached hydrogens (tertiary/aromatic N) is 1. The van der Waals surface area contributed by atoms with Crippen molar-refractivity contribution < 1.29 is 14.3 Å². The van der Waals surface area contributed by atoms with Crippen LogP contribution in [0.5, 0.6) is 0 Å². The van der Waals surface area contributed by atoms with Crippen molar-refractivity contribution in [1.82, 2.24) is 9.88 Å². The molecule has 0 radical (unpaired) electrons. The molecule has 1 unspecified atom stereocenters. The van der Waals surface area contributed by atoms with Crippen LogP contribution in [0.15, 0.2) is 41.0 Å². The predicted octanol–water partition coefficient (Wildman–Crippen LogP) is 2.39. The number of carbonyl (C=O) groups excluding carboxylic acids is 1. The van der Waals surface area contributed by atoms with Crippen LogP contribution >= 0.6 is 15.9 Å². The zero-order valence-electron chi connectivity index (χ0n) is 10.8. The van der Waals surface area contributed by atoms with Gasteiger partial charge in [-0.05, 0) is 28.1 Å². The second-order valence-electron chi connectivity index (χ2n) is 4.40. The van der Waals surface area contributed by atoms with Crippen LogP contribution in [0.3, 0.4) is 0 Å². The topological polar surface area (TPSA) is 54.3 Å². The molecule has 1 amide bonds. The van der Waals surface area contributed by atoms with E-state index in [1.165, 1.54) is 12.1 Å². The minimum Gasteiger partial charge on any atom is -0.386 e. The lowest BCUT2D eigenvalue weighted by atomic mass is 10.1. The lowest BCUT2D eigenvalue weighted by molar-refractivity contribution is 0.0906. The molecular weight excluding hydrogens is 327 g/mol. The van der Waals surface area contributed by atoms with Gasteiger partial charge in [0.05, 0.1) is 6.10 Å². The number of hydrogen-bond acceptors (Lipinski definition) is 2. The number of hydrogen-bond donors (Lipinski definition) is 2. The maximum Gasteiger partial charge on any atom is 0.268 e. The number of halogens is 2. The molecule has 0 spiro atoms. The molecule has 20 heavy (non-hydrogen) atoms. The molecule has 0 aliphatic carbocycles. The quantitative estimate of drug-likeness (QED) is 0.897. The Labute approximate surface area is 124 Å². The molecule has 4 nitrogen and oxygen atoms in total. The molecule has 0 aliphatic rings. The zero-order chi connectivity index (χ0) is 14.7. The fraction of sp³-hybridized carbons (Fsp3) is 0.214. The molecule has 0 saturated carbocycles. The minimum atomic E-state index is -1.08. The summed E-state index contributed by atoms with van der Waals surface area (Å²) in [6, 6.07) is 7.62. The molecule has 2 rings (SSSR count). The summed E-state index contributed by atoms with van der Waals surface area (Å²) in [4.78, 5) is 11.9. The fourth-order valence-corrected chi connectivity index (χ4v) is 2.41. The van der Waals surface area contributed by atoms with Crippen molar-refractivity contribution in [1.29, 1.82) is 0 Å². The van der Waals surface area contributed by atoms with Crippen molar-refractivity contribution in [2.45, 2.75) is 6.10 Å². The molecule has 0 saturated heterocycles. The van der Waals surface area contributed by atoms with E-state index in [2.05, 4.69) is 21.2 Å². The number of carbonyl (C=O) groups is 1. The Kier molecular flexibility index (Phi) is 4.57. The van der Waals surface area contributed by atoms with E-state index < -0.39 is 11.9 Å². The van der Waals surface area contributed by atoms with Gasteiger partial charge in [0, 0.05) is 29.8 Å². The number of amides is 1. The average molecular weight is 341 g/mol. The Morgan fingerprint density at radius 3 is 2.80 bits per heavy atom. The summed E-state index contributed by atoms with van der Waals surface area (Å²) in [6.45, 7) is -0.0530. The van der Waals surface area contributed by atoms with Gasteiger partial charge < -0.3 is 15.0 Å². The fourth-order valence-electron chi connectivity index (χ4n) is 1.89. The van der Waals surface area contributed by atoms with Gasteiger partial charge in [-0.1, -0.05) is 18.2 Å². The first kappa shape index (κ1) is 14.7. The standard InChI is InChI=1S/C14H14BrFN2O2/c1-18-8-9(15)6-12(18)14(20)17-7-13(19)10-4-2-3-5-11(10)16/h2-6,8,13,19H,7H2,1H3,(H,17,20). The lowest BCUT2D eigenvalue weighted by Crippen LogP contribution is -2.29. The number of nitrogens with one attached hydrogen (secondary N) is 1. The Balaban J connectivity index is 2.00. The molecule has 2 aromatic rings. The largest absolute Gasteiger partial charge is 0.386 e. The molecule has 1 heterocycles. The van der Waals surface area contributed by atoms with Crippen molar-refractivity contribution in [3.8, 4) is 0 Å². The smallest absolute Gasteiger partial charge is 0.268 e. The maximum atomic E-state index is 13.5. The van der Waals surface area contributed by atoms with E-state index in [1.54, 1.807) is 36.0 Å².